The molecule has 18 heavy (non-hydrogen) atoms. The van der Waals surface area contributed by atoms with Crippen molar-refractivity contribution in [1.29, 1.82) is 0 Å². The van der Waals surface area contributed by atoms with Crippen molar-refractivity contribution < 1.29 is 13.2 Å². The Hall–Kier alpha value is -0.740. The highest BCUT2D eigenvalue weighted by Crippen LogP contribution is 2.37. The fraction of sp³-hybridized carbons (Fsp3) is 0.385. The molecule has 0 atom stereocenters. The van der Waals surface area contributed by atoms with Gasteiger partial charge in [-0.1, -0.05) is 19.4 Å². The van der Waals surface area contributed by atoms with E-state index in [1.54, 1.807) is 6.07 Å². The van der Waals surface area contributed by atoms with Crippen molar-refractivity contribution >= 4 is 33.0 Å². The molecule has 2 rings (SSSR count). The van der Waals surface area contributed by atoms with Gasteiger partial charge in [-0.2, -0.15) is 13.2 Å². The Morgan fingerprint density at radius 2 is 2.00 bits per heavy atom. The molecule has 0 unspecified atom stereocenters. The summed E-state index contributed by atoms with van der Waals surface area (Å²) in [7, 11) is 0. The lowest BCUT2D eigenvalue weighted by Gasteiger charge is -2.06. The van der Waals surface area contributed by atoms with E-state index in [0.29, 0.717) is 10.6 Å². The van der Waals surface area contributed by atoms with Gasteiger partial charge < -0.3 is 0 Å². The minimum Gasteiger partial charge on any atom is -0.166 e. The van der Waals surface area contributed by atoms with Crippen molar-refractivity contribution in [3.8, 4) is 0 Å². The third-order valence-corrected chi connectivity index (χ3v) is 4.45. The molecule has 0 aliphatic rings. The lowest BCUT2D eigenvalue weighted by Crippen LogP contribution is -2.03. The van der Waals surface area contributed by atoms with Crippen LogP contribution in [0.4, 0.5) is 13.2 Å². The van der Waals surface area contributed by atoms with Gasteiger partial charge in [-0.25, -0.2) is 0 Å². The molecule has 1 aromatic heterocycles. The van der Waals surface area contributed by atoms with E-state index in [9.17, 15) is 13.2 Å². The summed E-state index contributed by atoms with van der Waals surface area (Å²) in [5, 5.41) is 0.908. The molecule has 0 fully saturated rings. The Morgan fingerprint density at radius 1 is 1.28 bits per heavy atom. The first-order chi connectivity index (χ1) is 8.47. The van der Waals surface area contributed by atoms with E-state index in [1.165, 1.54) is 17.4 Å². The normalized spacial score (nSPS) is 12.3. The van der Waals surface area contributed by atoms with Gasteiger partial charge in [0.25, 0.3) is 0 Å². The van der Waals surface area contributed by atoms with Crippen LogP contribution in [-0.4, -0.2) is 0 Å². The Balaban J connectivity index is 2.59. The van der Waals surface area contributed by atoms with Crippen molar-refractivity contribution in [2.24, 2.45) is 0 Å². The summed E-state index contributed by atoms with van der Waals surface area (Å²) in [4.78, 5) is 0.979. The van der Waals surface area contributed by atoms with Crippen LogP contribution in [0.15, 0.2) is 18.2 Å². The maximum absolute atomic E-state index is 12.6. The van der Waals surface area contributed by atoms with Crippen molar-refractivity contribution in [2.45, 2.75) is 31.8 Å². The molecule has 0 N–H and O–H groups in total. The number of thiophene rings is 1. The lowest BCUT2D eigenvalue weighted by atomic mass is 10.0. The van der Waals surface area contributed by atoms with Crippen LogP contribution in [0, 0.1) is 0 Å². The van der Waals surface area contributed by atoms with E-state index in [4.69, 9.17) is 11.6 Å². The topological polar surface area (TPSA) is 0 Å². The lowest BCUT2D eigenvalue weighted by molar-refractivity contribution is -0.137. The fourth-order valence-corrected chi connectivity index (χ4v) is 3.48. The quantitative estimate of drug-likeness (QED) is 0.645. The van der Waals surface area contributed by atoms with E-state index in [-0.39, 0.29) is 0 Å². The zero-order chi connectivity index (χ0) is 13.3. The predicted molar refractivity (Wildman–Crippen MR) is 70.4 cm³/mol. The standard InChI is InChI=1S/C13H12ClF3S/c1-2-3-9-10-5-4-8(13(15,16)17)6-11(10)18-12(9)7-14/h4-6H,2-3,7H2,1H3. The minimum absolute atomic E-state index is 0.357. The first-order valence-electron chi connectivity index (χ1n) is 5.64. The molecule has 98 valence electrons. The van der Waals surface area contributed by atoms with Gasteiger partial charge in [0.15, 0.2) is 0 Å². The van der Waals surface area contributed by atoms with Crippen LogP contribution in [0.25, 0.3) is 10.1 Å². The smallest absolute Gasteiger partial charge is 0.166 e. The summed E-state index contributed by atoms with van der Waals surface area (Å²) in [5.41, 5.74) is 0.502. The molecule has 0 spiro atoms. The van der Waals surface area contributed by atoms with Crippen LogP contribution in [0.3, 0.4) is 0 Å². The molecule has 1 aromatic carbocycles. The van der Waals surface area contributed by atoms with Crippen molar-refractivity contribution in [3.05, 3.63) is 34.2 Å². The molecular weight excluding hydrogens is 281 g/mol. The summed E-state index contributed by atoms with van der Waals surface area (Å²) in [6, 6.07) is 3.93. The largest absolute Gasteiger partial charge is 0.416 e. The average Bonchev–Trinajstić information content (AvgIpc) is 2.66. The average molecular weight is 293 g/mol. The highest BCUT2D eigenvalue weighted by atomic mass is 35.5. The number of halogens is 4. The first kappa shape index (κ1) is 13.7. The van der Waals surface area contributed by atoms with E-state index >= 15 is 0 Å². The monoisotopic (exact) mass is 292 g/mol. The number of aryl methyl sites for hydroxylation is 1. The molecule has 0 nitrogen and oxygen atoms in total. The van der Waals surface area contributed by atoms with Crippen molar-refractivity contribution in [2.75, 3.05) is 0 Å². The molecule has 0 aliphatic heterocycles. The maximum Gasteiger partial charge on any atom is 0.416 e. The van der Waals surface area contributed by atoms with Gasteiger partial charge in [-0.05, 0) is 29.5 Å². The molecule has 0 aliphatic carbocycles. The number of alkyl halides is 4. The summed E-state index contributed by atoms with van der Waals surface area (Å²) in [6.07, 6.45) is -2.48. The Kier molecular flexibility index (Phi) is 3.87. The van der Waals surface area contributed by atoms with Crippen molar-refractivity contribution in [3.63, 3.8) is 0 Å². The number of rotatable bonds is 3. The Morgan fingerprint density at radius 3 is 2.56 bits per heavy atom. The second-order valence-electron chi connectivity index (χ2n) is 4.10. The number of hydrogen-bond acceptors (Lipinski definition) is 1. The molecule has 1 heterocycles. The second kappa shape index (κ2) is 5.10. The van der Waals surface area contributed by atoms with Gasteiger partial charge >= 0.3 is 6.18 Å². The van der Waals surface area contributed by atoms with Crippen LogP contribution in [-0.2, 0) is 18.5 Å². The summed E-state index contributed by atoms with van der Waals surface area (Å²) >= 11 is 7.22. The zero-order valence-electron chi connectivity index (χ0n) is 9.77. The SMILES string of the molecule is CCCc1c(CCl)sc2cc(C(F)(F)F)ccc12. The highest BCUT2D eigenvalue weighted by molar-refractivity contribution is 7.19. The summed E-state index contributed by atoms with van der Waals surface area (Å²) < 4.78 is 38.6. The second-order valence-corrected chi connectivity index (χ2v) is 5.50. The van der Waals surface area contributed by atoms with Gasteiger partial charge in [-0.3, -0.25) is 0 Å². The molecular formula is C13H12ClF3S. The number of hydrogen-bond donors (Lipinski definition) is 0. The Bertz CT molecular complexity index is 557. The van der Waals surface area contributed by atoms with Crippen LogP contribution >= 0.6 is 22.9 Å². The molecule has 0 radical (unpaired) electrons. The third-order valence-electron chi connectivity index (χ3n) is 2.83. The number of fused-ring (bicyclic) bond motifs is 1. The van der Waals surface area contributed by atoms with E-state index in [2.05, 4.69) is 0 Å². The minimum atomic E-state index is -4.29. The zero-order valence-corrected chi connectivity index (χ0v) is 11.3. The number of benzene rings is 1. The summed E-state index contributed by atoms with van der Waals surface area (Å²) in [6.45, 7) is 2.05. The molecule has 0 amide bonds. The maximum atomic E-state index is 12.6. The van der Waals surface area contributed by atoms with Crippen LogP contribution in [0.2, 0.25) is 0 Å². The molecule has 0 saturated heterocycles. The molecule has 0 bridgehead atoms. The molecule has 2 aromatic rings. The van der Waals surface area contributed by atoms with Gasteiger partial charge in [0.2, 0.25) is 0 Å². The van der Waals surface area contributed by atoms with Crippen LogP contribution in [0.5, 0.6) is 0 Å². The predicted octanol–water partition coefficient (Wildman–Crippen LogP) is 5.61. The van der Waals surface area contributed by atoms with Gasteiger partial charge in [-0.15, -0.1) is 22.9 Å². The summed E-state index contributed by atoms with van der Waals surface area (Å²) in [5.74, 6) is 0.357. The highest BCUT2D eigenvalue weighted by Gasteiger charge is 2.30. The van der Waals surface area contributed by atoms with Crippen LogP contribution < -0.4 is 0 Å². The van der Waals surface area contributed by atoms with Crippen LogP contribution in [0.1, 0.15) is 29.3 Å². The van der Waals surface area contributed by atoms with Gasteiger partial charge in [0.1, 0.15) is 0 Å². The van der Waals surface area contributed by atoms with Gasteiger partial charge in [0.05, 0.1) is 11.4 Å². The Labute approximate surface area is 112 Å². The molecule has 5 heteroatoms. The third kappa shape index (κ3) is 2.50. The van der Waals surface area contributed by atoms with E-state index in [1.807, 2.05) is 6.92 Å². The van der Waals surface area contributed by atoms with Crippen molar-refractivity contribution in [1.82, 2.24) is 0 Å². The molecule has 0 saturated carbocycles. The van der Waals surface area contributed by atoms with Gasteiger partial charge in [0, 0.05) is 9.58 Å². The van der Waals surface area contributed by atoms with E-state index < -0.39 is 11.7 Å². The van der Waals surface area contributed by atoms with E-state index in [0.717, 1.165) is 34.7 Å². The first-order valence-corrected chi connectivity index (χ1v) is 7.00. The fourth-order valence-electron chi connectivity index (χ4n) is 2.01.